The lowest BCUT2D eigenvalue weighted by Gasteiger charge is -2.33. The Morgan fingerprint density at radius 1 is 1.27 bits per heavy atom. The van der Waals surface area contributed by atoms with Crippen LogP contribution < -0.4 is 10.6 Å². The van der Waals surface area contributed by atoms with Crippen molar-refractivity contribution in [2.24, 2.45) is 5.41 Å². The fourth-order valence-corrected chi connectivity index (χ4v) is 2.52. The first-order valence-corrected chi connectivity index (χ1v) is 4.75. The molecule has 1 atom stereocenters. The van der Waals surface area contributed by atoms with Gasteiger partial charge in [-0.2, -0.15) is 0 Å². The summed E-state index contributed by atoms with van der Waals surface area (Å²) in [7, 11) is 0. The minimum atomic E-state index is 0.671. The van der Waals surface area contributed by atoms with E-state index in [1.54, 1.807) is 0 Å². The van der Waals surface area contributed by atoms with Crippen LogP contribution in [-0.4, -0.2) is 25.7 Å². The van der Waals surface area contributed by atoms with Gasteiger partial charge in [0.2, 0.25) is 0 Å². The molecule has 0 aromatic carbocycles. The minimum absolute atomic E-state index is 0.671. The van der Waals surface area contributed by atoms with Crippen LogP contribution in [0.2, 0.25) is 0 Å². The molecular weight excluding hydrogens is 136 g/mol. The average Bonchev–Trinajstić information content (AvgIpc) is 2.34. The van der Waals surface area contributed by atoms with Crippen LogP contribution in [0.1, 0.15) is 26.2 Å². The Labute approximate surface area is 68.7 Å². The zero-order chi connectivity index (χ0) is 7.73. The van der Waals surface area contributed by atoms with Crippen LogP contribution in [0.25, 0.3) is 0 Å². The molecule has 1 spiro atoms. The minimum Gasteiger partial charge on any atom is -0.317 e. The van der Waals surface area contributed by atoms with Crippen LogP contribution in [0, 0.1) is 5.41 Å². The summed E-state index contributed by atoms with van der Waals surface area (Å²) in [5.41, 5.74) is 0.671. The van der Waals surface area contributed by atoms with E-state index >= 15 is 0 Å². The largest absolute Gasteiger partial charge is 0.317 e. The van der Waals surface area contributed by atoms with Crippen molar-refractivity contribution < 1.29 is 0 Å². The summed E-state index contributed by atoms with van der Waals surface area (Å²) >= 11 is 0. The maximum absolute atomic E-state index is 3.55. The summed E-state index contributed by atoms with van der Waals surface area (Å²) in [6.07, 6.45) is 4.16. The van der Waals surface area contributed by atoms with Crippen molar-refractivity contribution >= 4 is 0 Å². The predicted octanol–water partition coefficient (Wildman–Crippen LogP) is 0.738. The van der Waals surface area contributed by atoms with Crippen molar-refractivity contribution in [3.8, 4) is 0 Å². The van der Waals surface area contributed by atoms with E-state index in [-0.39, 0.29) is 0 Å². The lowest BCUT2D eigenvalue weighted by Crippen LogP contribution is -2.37. The van der Waals surface area contributed by atoms with E-state index in [0.717, 1.165) is 6.04 Å². The van der Waals surface area contributed by atoms with Gasteiger partial charge >= 0.3 is 0 Å². The first-order valence-electron chi connectivity index (χ1n) is 4.75. The maximum Gasteiger partial charge on any atom is 0.00447 e. The number of piperidine rings is 1. The highest BCUT2D eigenvalue weighted by atomic mass is 15.0. The van der Waals surface area contributed by atoms with Crippen molar-refractivity contribution in [3.05, 3.63) is 0 Å². The van der Waals surface area contributed by atoms with Gasteiger partial charge in [-0.15, -0.1) is 0 Å². The van der Waals surface area contributed by atoms with Crippen LogP contribution in [0.15, 0.2) is 0 Å². The van der Waals surface area contributed by atoms with Crippen molar-refractivity contribution in [1.29, 1.82) is 0 Å². The summed E-state index contributed by atoms with van der Waals surface area (Å²) < 4.78 is 0. The molecule has 0 unspecified atom stereocenters. The Bertz CT molecular complexity index is 133. The molecule has 0 saturated carbocycles. The molecule has 0 aromatic rings. The Balaban J connectivity index is 1.98. The molecule has 0 amide bonds. The number of nitrogens with one attached hydrogen (secondary N) is 2. The van der Waals surface area contributed by atoms with E-state index in [2.05, 4.69) is 17.6 Å². The van der Waals surface area contributed by atoms with E-state index < -0.39 is 0 Å². The normalized spacial score (nSPS) is 36.3. The van der Waals surface area contributed by atoms with Gasteiger partial charge in [0.05, 0.1) is 0 Å². The average molecular weight is 154 g/mol. The lowest BCUT2D eigenvalue weighted by atomic mass is 9.77. The van der Waals surface area contributed by atoms with Crippen LogP contribution in [0.5, 0.6) is 0 Å². The number of hydrogen-bond acceptors (Lipinski definition) is 2. The van der Waals surface area contributed by atoms with Crippen molar-refractivity contribution in [3.63, 3.8) is 0 Å². The molecule has 2 fully saturated rings. The first-order chi connectivity index (χ1) is 5.31. The van der Waals surface area contributed by atoms with E-state index in [4.69, 9.17) is 0 Å². The van der Waals surface area contributed by atoms with Gasteiger partial charge < -0.3 is 10.6 Å². The molecule has 11 heavy (non-hydrogen) atoms. The van der Waals surface area contributed by atoms with Gasteiger partial charge in [-0.1, -0.05) is 0 Å². The fraction of sp³-hybridized carbons (Fsp3) is 1.00. The summed E-state index contributed by atoms with van der Waals surface area (Å²) in [5, 5.41) is 6.98. The van der Waals surface area contributed by atoms with Gasteiger partial charge in [0, 0.05) is 12.6 Å². The Morgan fingerprint density at radius 3 is 2.55 bits per heavy atom. The lowest BCUT2D eigenvalue weighted by molar-refractivity contribution is 0.225. The summed E-state index contributed by atoms with van der Waals surface area (Å²) in [5.74, 6) is 0. The molecule has 2 aliphatic heterocycles. The molecule has 2 heteroatoms. The third kappa shape index (κ3) is 1.42. The van der Waals surface area contributed by atoms with Gasteiger partial charge in [0.1, 0.15) is 0 Å². The van der Waals surface area contributed by atoms with Crippen LogP contribution >= 0.6 is 0 Å². The SMILES string of the molecule is C[C@@H]1CC2(CCNCC2)CN1. The van der Waals surface area contributed by atoms with Crippen LogP contribution in [-0.2, 0) is 0 Å². The highest BCUT2D eigenvalue weighted by Crippen LogP contribution is 2.36. The summed E-state index contributed by atoms with van der Waals surface area (Å²) in [6, 6.07) is 0.757. The second kappa shape index (κ2) is 2.76. The maximum atomic E-state index is 3.55. The van der Waals surface area contributed by atoms with Crippen molar-refractivity contribution in [1.82, 2.24) is 10.6 Å². The van der Waals surface area contributed by atoms with E-state index in [1.807, 2.05) is 0 Å². The third-order valence-corrected chi connectivity index (χ3v) is 3.23. The summed E-state index contributed by atoms with van der Waals surface area (Å²) in [6.45, 7) is 6.02. The molecule has 2 saturated heterocycles. The topological polar surface area (TPSA) is 24.1 Å². The second-order valence-corrected chi connectivity index (χ2v) is 4.24. The Hall–Kier alpha value is -0.0800. The van der Waals surface area contributed by atoms with E-state index in [9.17, 15) is 0 Å². The monoisotopic (exact) mass is 154 g/mol. The molecule has 0 bridgehead atoms. The summed E-state index contributed by atoms with van der Waals surface area (Å²) in [4.78, 5) is 0. The zero-order valence-corrected chi connectivity index (χ0v) is 7.32. The molecular formula is C9H18N2. The van der Waals surface area contributed by atoms with Crippen LogP contribution in [0.3, 0.4) is 0 Å². The molecule has 64 valence electrons. The van der Waals surface area contributed by atoms with Crippen molar-refractivity contribution in [2.45, 2.75) is 32.2 Å². The highest BCUT2D eigenvalue weighted by molar-refractivity contribution is 4.94. The van der Waals surface area contributed by atoms with Crippen LogP contribution in [0.4, 0.5) is 0 Å². The molecule has 0 radical (unpaired) electrons. The van der Waals surface area contributed by atoms with E-state index in [0.29, 0.717) is 5.41 Å². The van der Waals surface area contributed by atoms with Gasteiger partial charge in [0.15, 0.2) is 0 Å². The van der Waals surface area contributed by atoms with E-state index in [1.165, 1.54) is 38.9 Å². The van der Waals surface area contributed by atoms with Gasteiger partial charge in [-0.05, 0) is 44.7 Å². The van der Waals surface area contributed by atoms with Crippen molar-refractivity contribution in [2.75, 3.05) is 19.6 Å². The van der Waals surface area contributed by atoms with Gasteiger partial charge in [-0.3, -0.25) is 0 Å². The molecule has 2 rings (SSSR count). The Kier molecular flexibility index (Phi) is 1.90. The number of hydrogen-bond donors (Lipinski definition) is 2. The molecule has 0 aliphatic carbocycles. The van der Waals surface area contributed by atoms with Gasteiger partial charge in [-0.25, -0.2) is 0 Å². The standard InChI is InChI=1S/C9H18N2/c1-8-6-9(7-11-8)2-4-10-5-3-9/h8,10-11H,2-7H2,1H3/t8-/m1/s1. The molecule has 0 aromatic heterocycles. The highest BCUT2D eigenvalue weighted by Gasteiger charge is 2.37. The third-order valence-electron chi connectivity index (χ3n) is 3.23. The number of rotatable bonds is 0. The quantitative estimate of drug-likeness (QED) is 0.538. The molecule has 2 nitrogen and oxygen atoms in total. The first kappa shape index (κ1) is 7.56. The molecule has 2 heterocycles. The predicted molar refractivity (Wildman–Crippen MR) is 46.6 cm³/mol. The Morgan fingerprint density at radius 2 is 2.00 bits per heavy atom. The second-order valence-electron chi connectivity index (χ2n) is 4.24. The molecule has 2 N–H and O–H groups in total. The molecule has 2 aliphatic rings. The zero-order valence-electron chi connectivity index (χ0n) is 7.32. The smallest absolute Gasteiger partial charge is 0.00447 e. The van der Waals surface area contributed by atoms with Gasteiger partial charge in [0.25, 0.3) is 0 Å². The fourth-order valence-electron chi connectivity index (χ4n) is 2.52.